The van der Waals surface area contributed by atoms with Gasteiger partial charge in [-0.25, -0.2) is 14.3 Å². The third-order valence-electron chi connectivity index (χ3n) is 6.04. The summed E-state index contributed by atoms with van der Waals surface area (Å²) in [5.41, 5.74) is 1.19. The van der Waals surface area contributed by atoms with Crippen molar-refractivity contribution in [2.45, 2.75) is 47.1 Å². The number of nitrogens with two attached hydrogens (primary N) is 1. The highest BCUT2D eigenvalue weighted by atomic mass is 32.2. The molecule has 0 unspecified atom stereocenters. The number of unbranched alkanes of at least 4 members (excludes halogenated alkanes) is 1. The Kier molecular flexibility index (Phi) is 13.2. The number of rotatable bonds is 14. The summed E-state index contributed by atoms with van der Waals surface area (Å²) >= 11 is 1.55. The van der Waals surface area contributed by atoms with Crippen LogP contribution in [0.4, 0.5) is 0 Å². The molecule has 7 nitrogen and oxygen atoms in total. The average Bonchev–Trinajstić information content (AvgIpc) is 2.93. The van der Waals surface area contributed by atoms with Crippen LogP contribution < -0.4 is 10.6 Å². The molecule has 0 aliphatic rings. The summed E-state index contributed by atoms with van der Waals surface area (Å²) in [5.74, 6) is 2.52. The third kappa shape index (κ3) is 9.51. The predicted molar refractivity (Wildman–Crippen MR) is 147 cm³/mol. The second kappa shape index (κ2) is 16.1. The van der Waals surface area contributed by atoms with E-state index in [9.17, 15) is 18.3 Å². The minimum Gasteiger partial charge on any atom is -0.497 e. The van der Waals surface area contributed by atoms with Crippen LogP contribution in [0.25, 0.3) is 0 Å². The molecule has 0 radical (unpaired) electrons. The maximum absolute atomic E-state index is 13.7. The average molecular weight is 546 g/mol. The van der Waals surface area contributed by atoms with Crippen molar-refractivity contribution in [3.63, 3.8) is 0 Å². The molecule has 0 aliphatic carbocycles. The number of ether oxygens (including phenoxy) is 1. The van der Waals surface area contributed by atoms with Crippen LogP contribution in [-0.2, 0) is 21.1 Å². The topological polar surface area (TPSA) is 127 Å². The van der Waals surface area contributed by atoms with Gasteiger partial charge < -0.3 is 15.1 Å². The molecule has 0 saturated heterocycles. The first-order valence-corrected chi connectivity index (χ1v) is 14.5. The van der Waals surface area contributed by atoms with E-state index in [2.05, 4.69) is 5.90 Å². The van der Waals surface area contributed by atoms with Crippen molar-refractivity contribution in [3.8, 4) is 5.75 Å². The first kappa shape index (κ1) is 30.4. The van der Waals surface area contributed by atoms with Crippen molar-refractivity contribution >= 4 is 27.6 Å². The molecule has 0 aliphatic heterocycles. The van der Waals surface area contributed by atoms with E-state index in [4.69, 9.17) is 9.94 Å². The number of hydrogen-bond acceptors (Lipinski definition) is 7. The van der Waals surface area contributed by atoms with Crippen molar-refractivity contribution < 1.29 is 28.3 Å². The second-order valence-corrected chi connectivity index (χ2v) is 11.7. The van der Waals surface area contributed by atoms with Crippen molar-refractivity contribution in [1.82, 2.24) is 0 Å². The minimum atomic E-state index is -3.86. The monoisotopic (exact) mass is 545 g/mol. The molecule has 37 heavy (non-hydrogen) atoms. The summed E-state index contributed by atoms with van der Waals surface area (Å²) in [6, 6.07) is 26.0. The predicted octanol–water partition coefficient (Wildman–Crippen LogP) is 5.47. The fourth-order valence-corrected chi connectivity index (χ4v) is 7.11. The van der Waals surface area contributed by atoms with Gasteiger partial charge in [0.2, 0.25) is 0 Å². The molecular weight excluding hydrogens is 510 g/mol. The van der Waals surface area contributed by atoms with Crippen molar-refractivity contribution in [2.75, 3.05) is 12.9 Å². The summed E-state index contributed by atoms with van der Waals surface area (Å²) < 4.78 is 32.5. The molecule has 0 heterocycles. The Morgan fingerprint density at radius 1 is 0.892 bits per heavy atom. The number of carboxylic acids is 1. The summed E-state index contributed by atoms with van der Waals surface area (Å²) in [6.45, 7) is 0. The Hall–Kier alpha value is -2.85. The maximum Gasteiger partial charge on any atom is 0.307 e. The molecule has 0 spiro atoms. The summed E-state index contributed by atoms with van der Waals surface area (Å²) in [7, 11) is -2.34. The SMILES string of the molecule is COc1ccc(S(=O)(=O)[C@H](CCCCc2ccccc2)[C@H](CCSc2ccccc2)C(=O)O)cc1.NO. The van der Waals surface area contributed by atoms with E-state index in [1.165, 1.54) is 24.8 Å². The van der Waals surface area contributed by atoms with Gasteiger partial charge in [-0.05, 0) is 73.4 Å². The Morgan fingerprint density at radius 3 is 2.05 bits per heavy atom. The van der Waals surface area contributed by atoms with Crippen LogP contribution in [0.15, 0.2) is 94.7 Å². The lowest BCUT2D eigenvalue weighted by molar-refractivity contribution is -0.141. The molecule has 0 bridgehead atoms. The van der Waals surface area contributed by atoms with Gasteiger partial charge in [-0.3, -0.25) is 4.79 Å². The van der Waals surface area contributed by atoms with E-state index < -0.39 is 27.0 Å². The number of methoxy groups -OCH3 is 1. The number of carboxylic acid groups (broad SMARTS) is 1. The molecule has 3 aromatic carbocycles. The standard InChI is InChI=1S/C28H32O5S2.H3NO/c1-33-23-16-18-25(19-17-23)35(31,32)27(15-9-8-12-22-10-4-2-5-11-22)26(28(29)30)20-21-34-24-13-6-3-7-14-24;1-2/h2-7,10-11,13-14,16-19,26-27H,8-9,12,15,20-21H2,1H3,(H,29,30);2H,1H2/t26-,27+;/m0./s1. The van der Waals surface area contributed by atoms with Crippen LogP contribution in [0.3, 0.4) is 0 Å². The molecular formula is C28H35NO6S2. The molecule has 0 fully saturated rings. The molecule has 3 aromatic rings. The van der Waals surface area contributed by atoms with Crippen LogP contribution in [0.1, 0.15) is 31.2 Å². The zero-order chi connectivity index (χ0) is 27.1. The quantitative estimate of drug-likeness (QED) is 0.138. The van der Waals surface area contributed by atoms with E-state index in [1.807, 2.05) is 60.7 Å². The molecule has 0 aromatic heterocycles. The number of sulfone groups is 1. The summed E-state index contributed by atoms with van der Waals surface area (Å²) in [5, 5.41) is 15.6. The van der Waals surface area contributed by atoms with Crippen molar-refractivity contribution in [2.24, 2.45) is 11.8 Å². The lowest BCUT2D eigenvalue weighted by Gasteiger charge is -2.24. The van der Waals surface area contributed by atoms with Gasteiger partial charge in [-0.2, -0.15) is 0 Å². The Labute approximate surface area is 223 Å². The van der Waals surface area contributed by atoms with Crippen LogP contribution in [0, 0.1) is 5.92 Å². The third-order valence-corrected chi connectivity index (χ3v) is 9.38. The fourth-order valence-electron chi connectivity index (χ4n) is 4.12. The highest BCUT2D eigenvalue weighted by molar-refractivity contribution is 7.99. The first-order valence-electron chi connectivity index (χ1n) is 12.0. The molecule has 9 heteroatoms. The fraction of sp³-hybridized carbons (Fsp3) is 0.321. The van der Waals surface area contributed by atoms with Gasteiger partial charge >= 0.3 is 5.97 Å². The zero-order valence-corrected chi connectivity index (χ0v) is 22.5. The van der Waals surface area contributed by atoms with Crippen LogP contribution in [-0.4, -0.2) is 42.8 Å². The van der Waals surface area contributed by atoms with Gasteiger partial charge in [0.05, 0.1) is 23.2 Å². The second-order valence-electron chi connectivity index (χ2n) is 8.39. The molecule has 0 amide bonds. The molecule has 3 rings (SSSR count). The Balaban J connectivity index is 0.00000235. The van der Waals surface area contributed by atoms with Crippen molar-refractivity contribution in [3.05, 3.63) is 90.5 Å². The lowest BCUT2D eigenvalue weighted by Crippen LogP contribution is -2.35. The Morgan fingerprint density at radius 2 is 1.49 bits per heavy atom. The number of hydrogen-bond donors (Lipinski definition) is 3. The summed E-state index contributed by atoms with van der Waals surface area (Å²) in [6.07, 6.45) is 2.83. The molecule has 0 saturated carbocycles. The number of aliphatic carboxylic acids is 1. The maximum atomic E-state index is 13.7. The highest BCUT2D eigenvalue weighted by Gasteiger charge is 2.38. The van der Waals surface area contributed by atoms with Crippen LogP contribution in [0.2, 0.25) is 0 Å². The smallest absolute Gasteiger partial charge is 0.307 e. The van der Waals surface area contributed by atoms with E-state index in [1.54, 1.807) is 23.9 Å². The van der Waals surface area contributed by atoms with E-state index in [0.717, 1.165) is 17.7 Å². The molecule has 4 N–H and O–H groups in total. The van der Waals surface area contributed by atoms with Gasteiger partial charge in [0.25, 0.3) is 0 Å². The number of carbonyl (C=O) groups is 1. The molecule has 2 atom stereocenters. The zero-order valence-electron chi connectivity index (χ0n) is 20.9. The summed E-state index contributed by atoms with van der Waals surface area (Å²) in [4.78, 5) is 13.5. The highest BCUT2D eigenvalue weighted by Crippen LogP contribution is 2.31. The van der Waals surface area contributed by atoms with Gasteiger partial charge in [0.15, 0.2) is 9.84 Å². The van der Waals surface area contributed by atoms with E-state index in [0.29, 0.717) is 24.3 Å². The van der Waals surface area contributed by atoms with Gasteiger partial charge in [-0.1, -0.05) is 55.0 Å². The number of aryl methyl sites for hydroxylation is 1. The normalized spacial score (nSPS) is 12.6. The first-order chi connectivity index (χ1) is 17.9. The minimum absolute atomic E-state index is 0.133. The van der Waals surface area contributed by atoms with Gasteiger partial charge in [0, 0.05) is 4.90 Å². The van der Waals surface area contributed by atoms with Crippen LogP contribution in [0.5, 0.6) is 5.75 Å². The molecule has 200 valence electrons. The van der Waals surface area contributed by atoms with Gasteiger partial charge in [-0.15, -0.1) is 11.8 Å². The Bertz CT molecular complexity index is 1160. The van der Waals surface area contributed by atoms with Gasteiger partial charge in [0.1, 0.15) is 5.75 Å². The lowest BCUT2D eigenvalue weighted by atomic mass is 9.97. The van der Waals surface area contributed by atoms with Crippen molar-refractivity contribution in [1.29, 1.82) is 0 Å². The number of thioether (sulfide) groups is 1. The number of benzene rings is 3. The largest absolute Gasteiger partial charge is 0.497 e. The van der Waals surface area contributed by atoms with Crippen LogP contribution >= 0.6 is 11.8 Å². The van der Waals surface area contributed by atoms with E-state index >= 15 is 0 Å². The van der Waals surface area contributed by atoms with E-state index in [-0.39, 0.29) is 11.3 Å².